The van der Waals surface area contributed by atoms with Gasteiger partial charge in [0, 0.05) is 19.8 Å². The molecule has 0 aliphatic carbocycles. The topological polar surface area (TPSA) is 131 Å². The molecule has 42 heavy (non-hydrogen) atoms. The molecule has 0 aromatic carbocycles. The van der Waals surface area contributed by atoms with Gasteiger partial charge in [-0.25, -0.2) is 0 Å². The summed E-state index contributed by atoms with van der Waals surface area (Å²) >= 11 is 0. The smallest absolute Gasteiger partial charge is 0.117 e. The highest BCUT2D eigenvalue weighted by Crippen LogP contribution is 1.97. The highest BCUT2D eigenvalue weighted by molar-refractivity contribution is 4.56. The molecule has 13 heteroatoms. The summed E-state index contributed by atoms with van der Waals surface area (Å²) in [5.41, 5.74) is 0. The molecule has 0 aliphatic heterocycles. The van der Waals surface area contributed by atoms with Gasteiger partial charge in [0.25, 0.3) is 0 Å². The zero-order valence-corrected chi connectivity index (χ0v) is 25.9. The van der Waals surface area contributed by atoms with Crippen LogP contribution in [0.2, 0.25) is 0 Å². The van der Waals surface area contributed by atoms with E-state index in [0.29, 0.717) is 145 Å². The molecule has 0 bridgehead atoms. The monoisotopic (exact) mass is 614 g/mol. The number of hydrogen-bond donors (Lipinski definition) is 1. The molecule has 0 saturated carbocycles. The minimum atomic E-state index is 0.441. The number of ether oxygens (including phenoxy) is 12. The zero-order chi connectivity index (χ0) is 30.3. The molecular formula is C29H58O13. The summed E-state index contributed by atoms with van der Waals surface area (Å²) in [5.74, 6) is 0. The Hall–Kier alpha value is -1.10. The fourth-order valence-electron chi connectivity index (χ4n) is 3.03. The Morgan fingerprint density at radius 2 is 0.595 bits per heavy atom. The molecule has 0 aromatic heterocycles. The number of rotatable bonds is 38. The van der Waals surface area contributed by atoms with Gasteiger partial charge in [0.2, 0.25) is 0 Å². The maximum Gasteiger partial charge on any atom is 0.117 e. The maximum atomic E-state index is 8.41. The summed E-state index contributed by atoms with van der Waals surface area (Å²) in [6.07, 6.45) is 5.13. The van der Waals surface area contributed by atoms with Crippen LogP contribution >= 0.6 is 0 Å². The molecule has 0 radical (unpaired) electrons. The van der Waals surface area contributed by atoms with Crippen LogP contribution in [0.4, 0.5) is 0 Å². The molecule has 0 spiro atoms. The molecule has 0 aromatic rings. The quantitative estimate of drug-likeness (QED) is 0.0808. The van der Waals surface area contributed by atoms with Crippen LogP contribution in [0.3, 0.4) is 0 Å². The van der Waals surface area contributed by atoms with E-state index in [-0.39, 0.29) is 0 Å². The van der Waals surface area contributed by atoms with Gasteiger partial charge in [-0.05, 0) is 26.2 Å². The largest absolute Gasteiger partial charge is 0.512 e. The Morgan fingerprint density at radius 3 is 0.881 bits per heavy atom. The molecule has 13 nitrogen and oxygen atoms in total. The van der Waals surface area contributed by atoms with Crippen molar-refractivity contribution in [1.82, 2.24) is 0 Å². The number of hydrogen-bond acceptors (Lipinski definition) is 13. The molecule has 0 heterocycles. The first-order valence-electron chi connectivity index (χ1n) is 15.2. The normalized spacial score (nSPS) is 11.6. The van der Waals surface area contributed by atoms with Gasteiger partial charge in [-0.1, -0.05) is 0 Å². The van der Waals surface area contributed by atoms with E-state index < -0.39 is 0 Å². The molecule has 0 unspecified atom stereocenters. The molecule has 1 N–H and O–H groups in total. The summed E-state index contributed by atoms with van der Waals surface area (Å²) in [6, 6.07) is 0. The fraction of sp³-hybridized carbons (Fsp3) is 0.931. The predicted molar refractivity (Wildman–Crippen MR) is 156 cm³/mol. The Balaban J connectivity index is 3.03. The van der Waals surface area contributed by atoms with Crippen LogP contribution in [-0.4, -0.2) is 157 Å². The second-order valence-electron chi connectivity index (χ2n) is 8.54. The van der Waals surface area contributed by atoms with Crippen molar-refractivity contribution < 1.29 is 61.9 Å². The first-order valence-corrected chi connectivity index (χ1v) is 15.2. The van der Waals surface area contributed by atoms with Crippen molar-refractivity contribution in [2.75, 3.05) is 152 Å². The van der Waals surface area contributed by atoms with Gasteiger partial charge >= 0.3 is 0 Å². The molecule has 0 atom stereocenters. The number of unbranched alkanes of at least 4 members (excludes halogenated alkanes) is 2. The molecule has 0 fully saturated rings. The summed E-state index contributed by atoms with van der Waals surface area (Å²) in [4.78, 5) is 0. The van der Waals surface area contributed by atoms with Crippen LogP contribution < -0.4 is 0 Å². The lowest BCUT2D eigenvalue weighted by Crippen LogP contribution is -2.15. The van der Waals surface area contributed by atoms with E-state index >= 15 is 0 Å². The summed E-state index contributed by atoms with van der Waals surface area (Å²) in [5, 5.41) is 8.41. The summed E-state index contributed by atoms with van der Waals surface area (Å²) < 4.78 is 64.7. The van der Waals surface area contributed by atoms with Gasteiger partial charge in [0.15, 0.2) is 0 Å². The SMILES string of the molecule is CCOCCOCCOCCOCCOCCOCCOCCOCCOCCOCCCCCOCCO/C=C/O. The van der Waals surface area contributed by atoms with Crippen LogP contribution in [0.15, 0.2) is 12.5 Å². The van der Waals surface area contributed by atoms with E-state index in [9.17, 15) is 0 Å². The molecule has 0 rings (SSSR count). The minimum Gasteiger partial charge on any atom is -0.512 e. The van der Waals surface area contributed by atoms with Gasteiger partial charge in [0.1, 0.15) is 19.1 Å². The third kappa shape index (κ3) is 38.9. The second-order valence-corrected chi connectivity index (χ2v) is 8.54. The fourth-order valence-corrected chi connectivity index (χ4v) is 3.03. The Labute approximate surface area is 252 Å². The van der Waals surface area contributed by atoms with Crippen molar-refractivity contribution in [3.05, 3.63) is 12.5 Å². The van der Waals surface area contributed by atoms with Gasteiger partial charge in [-0.3, -0.25) is 0 Å². The maximum absolute atomic E-state index is 8.41. The van der Waals surface area contributed by atoms with Crippen LogP contribution in [0, 0.1) is 0 Å². The van der Waals surface area contributed by atoms with Crippen molar-refractivity contribution in [3.63, 3.8) is 0 Å². The van der Waals surface area contributed by atoms with E-state index in [4.69, 9.17) is 61.9 Å². The molecular weight excluding hydrogens is 556 g/mol. The van der Waals surface area contributed by atoms with E-state index in [2.05, 4.69) is 0 Å². The molecule has 0 amide bonds. The first-order chi connectivity index (χ1) is 20.9. The minimum absolute atomic E-state index is 0.441. The van der Waals surface area contributed by atoms with E-state index in [1.54, 1.807) is 0 Å². The zero-order valence-electron chi connectivity index (χ0n) is 25.9. The Bertz CT molecular complexity index is 500. The van der Waals surface area contributed by atoms with Gasteiger partial charge in [-0.15, -0.1) is 0 Å². The van der Waals surface area contributed by atoms with Gasteiger partial charge in [0.05, 0.1) is 126 Å². The van der Waals surface area contributed by atoms with Crippen LogP contribution in [0.5, 0.6) is 0 Å². The summed E-state index contributed by atoms with van der Waals surface area (Å²) in [7, 11) is 0. The third-order valence-electron chi connectivity index (χ3n) is 5.13. The molecule has 0 aliphatic rings. The summed E-state index contributed by atoms with van der Waals surface area (Å²) in [6.45, 7) is 14.8. The average Bonchev–Trinajstić information content (AvgIpc) is 3.00. The Kier molecular flexibility index (Phi) is 38.9. The van der Waals surface area contributed by atoms with Gasteiger partial charge in [-0.2, -0.15) is 0 Å². The van der Waals surface area contributed by atoms with Gasteiger partial charge < -0.3 is 61.9 Å². The first kappa shape index (κ1) is 40.9. The molecule has 0 saturated heterocycles. The van der Waals surface area contributed by atoms with Crippen molar-refractivity contribution in [2.45, 2.75) is 26.2 Å². The Morgan fingerprint density at radius 1 is 0.333 bits per heavy atom. The van der Waals surface area contributed by atoms with Crippen LogP contribution in [-0.2, 0) is 56.8 Å². The van der Waals surface area contributed by atoms with E-state index in [1.165, 1.54) is 6.26 Å². The lowest BCUT2D eigenvalue weighted by Gasteiger charge is -2.09. The molecule has 252 valence electrons. The number of aliphatic hydroxyl groups is 1. The van der Waals surface area contributed by atoms with Crippen molar-refractivity contribution >= 4 is 0 Å². The van der Waals surface area contributed by atoms with Crippen molar-refractivity contribution in [1.29, 1.82) is 0 Å². The third-order valence-corrected chi connectivity index (χ3v) is 5.13. The van der Waals surface area contributed by atoms with E-state index in [0.717, 1.165) is 32.1 Å². The highest BCUT2D eigenvalue weighted by atomic mass is 16.6. The second kappa shape index (κ2) is 39.9. The predicted octanol–water partition coefficient (Wildman–Crippen LogP) is 2.41. The van der Waals surface area contributed by atoms with E-state index in [1.807, 2.05) is 6.92 Å². The van der Waals surface area contributed by atoms with Crippen LogP contribution in [0.25, 0.3) is 0 Å². The van der Waals surface area contributed by atoms with Crippen LogP contribution in [0.1, 0.15) is 26.2 Å². The lowest BCUT2D eigenvalue weighted by atomic mass is 10.2. The average molecular weight is 615 g/mol. The highest BCUT2D eigenvalue weighted by Gasteiger charge is 1.96. The van der Waals surface area contributed by atoms with Crippen molar-refractivity contribution in [3.8, 4) is 0 Å². The lowest BCUT2D eigenvalue weighted by molar-refractivity contribution is -0.0263. The number of aliphatic hydroxyl groups excluding tert-OH is 1. The van der Waals surface area contributed by atoms with Crippen molar-refractivity contribution in [2.24, 2.45) is 0 Å². The standard InChI is InChI=1S/C29H58O13/c1-2-31-10-11-35-16-17-37-20-21-39-24-25-41-28-29-42-27-26-40-23-22-38-19-18-36-15-13-33-8-5-3-4-7-32-12-14-34-9-6-30/h6,9,30H,2-5,7-8,10-29H2,1H3/b9-6+.